The van der Waals surface area contributed by atoms with E-state index in [1.165, 1.54) is 5.01 Å². The first-order chi connectivity index (χ1) is 11.1. The highest BCUT2D eigenvalue weighted by atomic mass is 79.9. The van der Waals surface area contributed by atoms with Crippen LogP contribution < -0.4 is 15.8 Å². The number of benzene rings is 2. The van der Waals surface area contributed by atoms with Crippen molar-refractivity contribution in [2.45, 2.75) is 6.42 Å². The zero-order valence-electron chi connectivity index (χ0n) is 12.1. The number of para-hydroxylation sites is 1. The van der Waals surface area contributed by atoms with Gasteiger partial charge in [-0.2, -0.15) is 0 Å². The first-order valence-electron chi connectivity index (χ1n) is 7.05. The molecule has 1 heterocycles. The van der Waals surface area contributed by atoms with Gasteiger partial charge in [-0.25, -0.2) is 5.01 Å². The Morgan fingerprint density at radius 1 is 1.09 bits per heavy atom. The number of rotatable bonds is 3. The van der Waals surface area contributed by atoms with Gasteiger partial charge in [0.15, 0.2) is 0 Å². The van der Waals surface area contributed by atoms with E-state index in [9.17, 15) is 9.59 Å². The Bertz CT molecular complexity index is 757. The number of nitrogens with one attached hydrogen (secondary N) is 2. The molecule has 0 saturated heterocycles. The van der Waals surface area contributed by atoms with Gasteiger partial charge in [0.25, 0.3) is 5.91 Å². The van der Waals surface area contributed by atoms with Gasteiger partial charge in [-0.1, -0.05) is 34.1 Å². The average Bonchev–Trinajstić information content (AvgIpc) is 2.57. The van der Waals surface area contributed by atoms with Crippen LogP contribution in [0.5, 0.6) is 0 Å². The van der Waals surface area contributed by atoms with Gasteiger partial charge >= 0.3 is 0 Å². The van der Waals surface area contributed by atoms with Crippen LogP contribution in [0.1, 0.15) is 6.42 Å². The second kappa shape index (κ2) is 6.66. The lowest BCUT2D eigenvalue weighted by atomic mass is 10.2. The van der Waals surface area contributed by atoms with Gasteiger partial charge in [0.05, 0.1) is 5.69 Å². The minimum atomic E-state index is -0.286. The maximum Gasteiger partial charge on any atom is 0.273 e. The largest absolute Gasteiger partial charge is 0.321 e. The lowest BCUT2D eigenvalue weighted by Crippen LogP contribution is -2.47. The highest BCUT2D eigenvalue weighted by Gasteiger charge is 2.24. The summed E-state index contributed by atoms with van der Waals surface area (Å²) in [6.45, 7) is 0. The van der Waals surface area contributed by atoms with E-state index in [-0.39, 0.29) is 18.2 Å². The number of hydrogen-bond donors (Lipinski definition) is 2. The summed E-state index contributed by atoms with van der Waals surface area (Å²) in [5, 5.41) is 4.17. The van der Waals surface area contributed by atoms with E-state index in [0.717, 1.165) is 4.47 Å². The Morgan fingerprint density at radius 2 is 1.78 bits per heavy atom. The number of hydrogen-bond acceptors (Lipinski definition) is 3. The number of amides is 2. The van der Waals surface area contributed by atoms with Crippen molar-refractivity contribution < 1.29 is 9.59 Å². The molecule has 1 aliphatic rings. The van der Waals surface area contributed by atoms with Crippen molar-refractivity contribution >= 4 is 39.1 Å². The number of anilines is 2. The van der Waals surface area contributed by atoms with Gasteiger partial charge in [0, 0.05) is 16.6 Å². The van der Waals surface area contributed by atoms with E-state index in [4.69, 9.17) is 0 Å². The summed E-state index contributed by atoms with van der Waals surface area (Å²) in [5.74, 6) is -0.408. The Hall–Kier alpha value is -2.60. The van der Waals surface area contributed by atoms with Crippen LogP contribution in [-0.2, 0) is 9.59 Å². The highest BCUT2D eigenvalue weighted by molar-refractivity contribution is 9.10. The maximum absolute atomic E-state index is 12.3. The second-order valence-corrected chi connectivity index (χ2v) is 5.88. The van der Waals surface area contributed by atoms with Crippen molar-refractivity contribution in [3.05, 3.63) is 70.8 Å². The molecule has 5 nitrogen and oxygen atoms in total. The molecule has 3 rings (SSSR count). The molecule has 0 atom stereocenters. The topological polar surface area (TPSA) is 61.4 Å². The summed E-state index contributed by atoms with van der Waals surface area (Å²) >= 11 is 3.36. The van der Waals surface area contributed by atoms with Crippen LogP contribution in [-0.4, -0.2) is 11.8 Å². The fourth-order valence-corrected chi connectivity index (χ4v) is 2.44. The fourth-order valence-electron chi connectivity index (χ4n) is 2.17. The van der Waals surface area contributed by atoms with Crippen molar-refractivity contribution in [1.82, 2.24) is 5.43 Å². The van der Waals surface area contributed by atoms with Crippen LogP contribution in [0, 0.1) is 0 Å². The molecule has 6 heteroatoms. The van der Waals surface area contributed by atoms with Gasteiger partial charge in [-0.15, -0.1) is 0 Å². The molecule has 0 saturated carbocycles. The Balaban J connectivity index is 1.75. The van der Waals surface area contributed by atoms with Gasteiger partial charge in [0.2, 0.25) is 5.91 Å². The quantitative estimate of drug-likeness (QED) is 0.870. The van der Waals surface area contributed by atoms with Crippen molar-refractivity contribution in [3.63, 3.8) is 0 Å². The van der Waals surface area contributed by atoms with E-state index < -0.39 is 0 Å². The minimum Gasteiger partial charge on any atom is -0.321 e. The molecule has 2 aromatic rings. The van der Waals surface area contributed by atoms with Gasteiger partial charge in [-0.3, -0.25) is 15.0 Å². The van der Waals surface area contributed by atoms with Gasteiger partial charge < -0.3 is 5.32 Å². The summed E-state index contributed by atoms with van der Waals surface area (Å²) in [7, 11) is 0. The molecule has 0 bridgehead atoms. The molecule has 2 amide bonds. The normalized spacial score (nSPS) is 14.0. The number of carbonyl (C=O) groups is 2. The predicted molar refractivity (Wildman–Crippen MR) is 92.5 cm³/mol. The molecule has 0 spiro atoms. The van der Waals surface area contributed by atoms with Crippen LogP contribution in [0.15, 0.2) is 70.8 Å². The molecule has 23 heavy (non-hydrogen) atoms. The molecule has 0 fully saturated rings. The Morgan fingerprint density at radius 3 is 2.48 bits per heavy atom. The van der Waals surface area contributed by atoms with Crippen molar-refractivity contribution in [3.8, 4) is 0 Å². The average molecular weight is 372 g/mol. The number of carbonyl (C=O) groups excluding carboxylic acids is 2. The minimum absolute atomic E-state index is 0.122. The van der Waals surface area contributed by atoms with E-state index in [1.807, 2.05) is 30.3 Å². The van der Waals surface area contributed by atoms with Crippen molar-refractivity contribution in [1.29, 1.82) is 0 Å². The SMILES string of the molecule is O=C(Nc1ccccc1)C1=CCC(=O)N(c2ccc(Br)cc2)N1. The third-order valence-corrected chi connectivity index (χ3v) is 3.85. The molecule has 0 aliphatic carbocycles. The Labute approximate surface area is 142 Å². The lowest BCUT2D eigenvalue weighted by Gasteiger charge is -2.28. The standard InChI is InChI=1S/C17H14BrN3O2/c18-12-6-8-14(9-7-12)21-16(22)11-10-15(20-21)17(23)19-13-4-2-1-3-5-13/h1-10,20H,11H2,(H,19,23). The maximum atomic E-state index is 12.3. The monoisotopic (exact) mass is 371 g/mol. The highest BCUT2D eigenvalue weighted by Crippen LogP contribution is 2.21. The number of halogens is 1. The zero-order chi connectivity index (χ0) is 16.2. The fraction of sp³-hybridized carbons (Fsp3) is 0.0588. The molecule has 116 valence electrons. The van der Waals surface area contributed by atoms with Crippen LogP contribution in [0.2, 0.25) is 0 Å². The summed E-state index contributed by atoms with van der Waals surface area (Å²) in [5.41, 5.74) is 4.60. The van der Waals surface area contributed by atoms with Gasteiger partial charge in [-0.05, 0) is 42.5 Å². The van der Waals surface area contributed by atoms with E-state index in [2.05, 4.69) is 26.7 Å². The molecule has 0 aromatic heterocycles. The van der Waals surface area contributed by atoms with Crippen LogP contribution in [0.4, 0.5) is 11.4 Å². The number of hydrazine groups is 1. The van der Waals surface area contributed by atoms with Gasteiger partial charge in [0.1, 0.15) is 5.70 Å². The lowest BCUT2D eigenvalue weighted by molar-refractivity contribution is -0.119. The molecule has 2 N–H and O–H groups in total. The Kier molecular flexibility index (Phi) is 4.43. The smallest absolute Gasteiger partial charge is 0.273 e. The molecule has 1 aliphatic heterocycles. The van der Waals surface area contributed by atoms with Crippen molar-refractivity contribution in [2.75, 3.05) is 10.3 Å². The second-order valence-electron chi connectivity index (χ2n) is 4.96. The third kappa shape index (κ3) is 3.60. The third-order valence-electron chi connectivity index (χ3n) is 3.32. The molecule has 0 radical (unpaired) electrons. The van der Waals surface area contributed by atoms with Crippen LogP contribution in [0.3, 0.4) is 0 Å². The molecule has 2 aromatic carbocycles. The molecular formula is C17H14BrN3O2. The van der Waals surface area contributed by atoms with Crippen LogP contribution in [0.25, 0.3) is 0 Å². The first kappa shape index (κ1) is 15.3. The van der Waals surface area contributed by atoms with Crippen LogP contribution >= 0.6 is 15.9 Å². The molecule has 0 unspecified atom stereocenters. The van der Waals surface area contributed by atoms with E-state index in [0.29, 0.717) is 17.1 Å². The zero-order valence-corrected chi connectivity index (χ0v) is 13.7. The van der Waals surface area contributed by atoms with E-state index >= 15 is 0 Å². The molecular weight excluding hydrogens is 358 g/mol. The summed E-state index contributed by atoms with van der Waals surface area (Å²) < 4.78 is 0.920. The summed E-state index contributed by atoms with van der Waals surface area (Å²) in [4.78, 5) is 24.4. The summed E-state index contributed by atoms with van der Waals surface area (Å²) in [6, 6.07) is 16.4. The number of nitrogens with zero attached hydrogens (tertiary/aromatic N) is 1. The van der Waals surface area contributed by atoms with E-state index in [1.54, 1.807) is 30.3 Å². The summed E-state index contributed by atoms with van der Waals surface area (Å²) in [6.07, 6.45) is 1.76. The predicted octanol–water partition coefficient (Wildman–Crippen LogP) is 3.21. The first-order valence-corrected chi connectivity index (χ1v) is 7.84. The van der Waals surface area contributed by atoms with Crippen molar-refractivity contribution in [2.24, 2.45) is 0 Å².